The molecule has 0 fully saturated rings. The van der Waals surface area contributed by atoms with Crippen molar-refractivity contribution in [2.24, 2.45) is 5.92 Å². The molecule has 86 valence electrons. The van der Waals surface area contributed by atoms with Crippen LogP contribution in [0.5, 0.6) is 0 Å². The molecule has 0 unspecified atom stereocenters. The molecule has 2 aromatic rings. The Bertz CT molecular complexity index is 469. The van der Waals surface area contributed by atoms with Gasteiger partial charge >= 0.3 is 0 Å². The maximum absolute atomic E-state index is 6.25. The minimum atomic E-state index is 0.742. The summed E-state index contributed by atoms with van der Waals surface area (Å²) in [5.41, 5.74) is 1.18. The van der Waals surface area contributed by atoms with Crippen molar-refractivity contribution >= 4 is 22.5 Å². The van der Waals surface area contributed by atoms with E-state index in [1.807, 2.05) is 12.1 Å². The maximum Gasteiger partial charge on any atom is 0.0669 e. The van der Waals surface area contributed by atoms with Crippen LogP contribution in [0.25, 0.3) is 10.9 Å². The zero-order valence-electron chi connectivity index (χ0n) is 9.91. The molecule has 1 heterocycles. The predicted molar refractivity (Wildman–Crippen MR) is 71.0 cm³/mol. The van der Waals surface area contributed by atoms with Crippen molar-refractivity contribution in [1.82, 2.24) is 4.57 Å². The van der Waals surface area contributed by atoms with Crippen molar-refractivity contribution in [2.75, 3.05) is 0 Å². The minimum absolute atomic E-state index is 0.742. The second-order valence-electron chi connectivity index (χ2n) is 4.33. The van der Waals surface area contributed by atoms with Crippen molar-refractivity contribution in [2.45, 2.75) is 33.2 Å². The molecule has 0 aliphatic rings. The Morgan fingerprint density at radius 1 is 1.19 bits per heavy atom. The third-order valence-electron chi connectivity index (χ3n) is 3.35. The fourth-order valence-corrected chi connectivity index (χ4v) is 2.48. The molecule has 1 aromatic carbocycles. The van der Waals surface area contributed by atoms with E-state index in [1.54, 1.807) is 0 Å². The highest BCUT2D eigenvalue weighted by molar-refractivity contribution is 6.35. The second-order valence-corrected chi connectivity index (χ2v) is 4.74. The Hall–Kier alpha value is -0.950. The van der Waals surface area contributed by atoms with E-state index in [1.165, 1.54) is 23.7 Å². The van der Waals surface area contributed by atoms with Crippen LogP contribution >= 0.6 is 11.6 Å². The number of nitrogens with zero attached hydrogens (tertiary/aromatic N) is 1. The molecule has 0 N–H and O–H groups in total. The predicted octanol–water partition coefficient (Wildman–Crippen LogP) is 4.73. The molecule has 16 heavy (non-hydrogen) atoms. The van der Waals surface area contributed by atoms with Crippen LogP contribution in [-0.4, -0.2) is 4.57 Å². The monoisotopic (exact) mass is 235 g/mol. The molecule has 0 saturated heterocycles. The maximum atomic E-state index is 6.25. The van der Waals surface area contributed by atoms with Gasteiger partial charge in [0.1, 0.15) is 0 Å². The molecule has 0 aliphatic heterocycles. The Balaban J connectivity index is 2.37. The summed E-state index contributed by atoms with van der Waals surface area (Å²) in [5.74, 6) is 0.742. The van der Waals surface area contributed by atoms with Crippen molar-refractivity contribution in [3.63, 3.8) is 0 Å². The molecule has 0 radical (unpaired) electrons. The summed E-state index contributed by atoms with van der Waals surface area (Å²) in [5, 5.41) is 2.09. The minimum Gasteiger partial charge on any atom is -0.346 e. The van der Waals surface area contributed by atoms with Gasteiger partial charge in [-0.2, -0.15) is 0 Å². The zero-order valence-corrected chi connectivity index (χ0v) is 10.7. The van der Waals surface area contributed by atoms with Gasteiger partial charge in [0.25, 0.3) is 0 Å². The van der Waals surface area contributed by atoms with Crippen LogP contribution in [0, 0.1) is 5.92 Å². The highest BCUT2D eigenvalue weighted by Gasteiger charge is 2.09. The SMILES string of the molecule is CCC(CC)Cn1ccc2cccc(Cl)c21. The fourth-order valence-electron chi connectivity index (χ4n) is 2.19. The Morgan fingerprint density at radius 2 is 1.94 bits per heavy atom. The van der Waals surface area contributed by atoms with Gasteiger partial charge in [0.15, 0.2) is 0 Å². The van der Waals surface area contributed by atoms with E-state index in [9.17, 15) is 0 Å². The van der Waals surface area contributed by atoms with Gasteiger partial charge in [-0.15, -0.1) is 0 Å². The number of benzene rings is 1. The molecule has 2 heteroatoms. The number of para-hydroxylation sites is 1. The van der Waals surface area contributed by atoms with E-state index >= 15 is 0 Å². The van der Waals surface area contributed by atoms with Crippen LogP contribution in [-0.2, 0) is 6.54 Å². The number of hydrogen-bond donors (Lipinski definition) is 0. The van der Waals surface area contributed by atoms with E-state index in [0.717, 1.165) is 17.5 Å². The Kier molecular flexibility index (Phi) is 3.55. The van der Waals surface area contributed by atoms with Gasteiger partial charge < -0.3 is 4.57 Å². The number of rotatable bonds is 4. The van der Waals surface area contributed by atoms with Crippen molar-refractivity contribution in [1.29, 1.82) is 0 Å². The van der Waals surface area contributed by atoms with Crippen LogP contribution < -0.4 is 0 Å². The first-order valence-electron chi connectivity index (χ1n) is 5.99. The summed E-state index contributed by atoms with van der Waals surface area (Å²) in [6.07, 6.45) is 4.59. The molecule has 2 rings (SSSR count). The first-order valence-corrected chi connectivity index (χ1v) is 6.37. The third kappa shape index (κ3) is 2.10. The third-order valence-corrected chi connectivity index (χ3v) is 3.65. The van der Waals surface area contributed by atoms with Gasteiger partial charge in [-0.1, -0.05) is 50.4 Å². The first-order chi connectivity index (χ1) is 7.76. The molecule has 0 amide bonds. The van der Waals surface area contributed by atoms with Gasteiger partial charge in [-0.05, 0) is 18.1 Å². The second kappa shape index (κ2) is 4.92. The van der Waals surface area contributed by atoms with Crippen molar-refractivity contribution < 1.29 is 0 Å². The molecule has 1 nitrogen and oxygen atoms in total. The fraction of sp³-hybridized carbons (Fsp3) is 0.429. The van der Waals surface area contributed by atoms with Gasteiger partial charge in [0, 0.05) is 18.1 Å². The van der Waals surface area contributed by atoms with Gasteiger partial charge in [-0.25, -0.2) is 0 Å². The average molecular weight is 236 g/mol. The molecule has 1 aromatic heterocycles. The number of halogens is 1. The lowest BCUT2D eigenvalue weighted by Gasteiger charge is -2.14. The zero-order chi connectivity index (χ0) is 11.5. The first kappa shape index (κ1) is 11.5. The average Bonchev–Trinajstić information content (AvgIpc) is 2.70. The summed E-state index contributed by atoms with van der Waals surface area (Å²) in [6, 6.07) is 8.23. The lowest BCUT2D eigenvalue weighted by atomic mass is 10.0. The summed E-state index contributed by atoms with van der Waals surface area (Å²) < 4.78 is 2.29. The van der Waals surface area contributed by atoms with Gasteiger partial charge in [0.2, 0.25) is 0 Å². The van der Waals surface area contributed by atoms with Gasteiger partial charge in [0.05, 0.1) is 10.5 Å². The molecule has 0 saturated carbocycles. The highest BCUT2D eigenvalue weighted by atomic mass is 35.5. The van der Waals surface area contributed by atoms with E-state index in [0.29, 0.717) is 0 Å². The van der Waals surface area contributed by atoms with E-state index in [-0.39, 0.29) is 0 Å². The van der Waals surface area contributed by atoms with Crippen LogP contribution in [0.2, 0.25) is 5.02 Å². The van der Waals surface area contributed by atoms with Crippen LogP contribution in [0.1, 0.15) is 26.7 Å². The Labute approximate surface area is 102 Å². The van der Waals surface area contributed by atoms with Crippen molar-refractivity contribution in [3.8, 4) is 0 Å². The number of hydrogen-bond acceptors (Lipinski definition) is 0. The lowest BCUT2D eigenvalue weighted by molar-refractivity contribution is 0.425. The molecular formula is C14H18ClN. The molecule has 0 bridgehead atoms. The normalized spacial score (nSPS) is 11.5. The summed E-state index contributed by atoms with van der Waals surface area (Å²) in [4.78, 5) is 0. The molecule has 0 aliphatic carbocycles. The van der Waals surface area contributed by atoms with Crippen LogP contribution in [0.3, 0.4) is 0 Å². The molecular weight excluding hydrogens is 218 g/mol. The van der Waals surface area contributed by atoms with Crippen molar-refractivity contribution in [3.05, 3.63) is 35.5 Å². The lowest BCUT2D eigenvalue weighted by Crippen LogP contribution is -2.08. The highest BCUT2D eigenvalue weighted by Crippen LogP contribution is 2.25. The summed E-state index contributed by atoms with van der Waals surface area (Å²) >= 11 is 6.25. The smallest absolute Gasteiger partial charge is 0.0669 e. The number of aromatic nitrogens is 1. The van der Waals surface area contributed by atoms with E-state index in [2.05, 4.69) is 36.7 Å². The van der Waals surface area contributed by atoms with Crippen LogP contribution in [0.4, 0.5) is 0 Å². The van der Waals surface area contributed by atoms with E-state index in [4.69, 9.17) is 11.6 Å². The number of fused-ring (bicyclic) bond motifs is 1. The van der Waals surface area contributed by atoms with E-state index < -0.39 is 0 Å². The standard InChI is InChI=1S/C14H18ClN/c1-3-11(4-2)10-16-9-8-12-6-5-7-13(15)14(12)16/h5-9,11H,3-4,10H2,1-2H3. The van der Waals surface area contributed by atoms with Crippen LogP contribution in [0.15, 0.2) is 30.5 Å². The quantitative estimate of drug-likeness (QED) is 0.722. The summed E-state index contributed by atoms with van der Waals surface area (Å²) in [7, 11) is 0. The summed E-state index contributed by atoms with van der Waals surface area (Å²) in [6.45, 7) is 5.57. The molecule has 0 spiro atoms. The topological polar surface area (TPSA) is 4.93 Å². The molecule has 0 atom stereocenters. The largest absolute Gasteiger partial charge is 0.346 e. The Morgan fingerprint density at radius 3 is 2.62 bits per heavy atom. The van der Waals surface area contributed by atoms with Gasteiger partial charge in [-0.3, -0.25) is 0 Å².